The second-order valence-corrected chi connectivity index (χ2v) is 8.45. The van der Waals surface area contributed by atoms with Crippen molar-refractivity contribution in [3.8, 4) is 16.3 Å². The van der Waals surface area contributed by atoms with Crippen LogP contribution < -0.4 is 20.7 Å². The van der Waals surface area contributed by atoms with Crippen molar-refractivity contribution in [2.45, 2.75) is 6.18 Å². The predicted octanol–water partition coefficient (Wildman–Crippen LogP) is 5.22. The molecule has 0 aliphatic heterocycles. The maximum Gasteiger partial charge on any atom is 0.418 e. The number of ether oxygens (including phenoxy) is 1. The second-order valence-electron chi connectivity index (χ2n) is 7.42. The molecule has 0 saturated heterocycles. The van der Waals surface area contributed by atoms with E-state index in [1.165, 1.54) is 30.7 Å². The molecule has 0 saturated carbocycles. The van der Waals surface area contributed by atoms with E-state index < -0.39 is 35.4 Å². The van der Waals surface area contributed by atoms with Crippen molar-refractivity contribution in [3.63, 3.8) is 0 Å². The van der Waals surface area contributed by atoms with Crippen molar-refractivity contribution in [2.24, 2.45) is 0 Å². The summed E-state index contributed by atoms with van der Waals surface area (Å²) in [5.41, 5.74) is -1.17. The summed E-state index contributed by atoms with van der Waals surface area (Å²) in [7, 11) is 0. The summed E-state index contributed by atoms with van der Waals surface area (Å²) >= 11 is 0.956. The first-order valence-electron chi connectivity index (χ1n) is 10.4. The number of carbonyl (C=O) groups is 2. The number of nitrogens with zero attached hydrogens (tertiary/aromatic N) is 4. The molecule has 1 aromatic carbocycles. The number of rotatable bonds is 5. The maximum atomic E-state index is 13.9. The predicted molar refractivity (Wildman–Crippen MR) is 127 cm³/mol. The molecule has 17 heteroatoms. The summed E-state index contributed by atoms with van der Waals surface area (Å²) in [6.45, 7) is 0. The number of anilines is 3. The molecule has 0 radical (unpaired) electrons. The Morgan fingerprint density at radius 1 is 1.00 bits per heavy atom. The lowest BCUT2D eigenvalue weighted by Gasteiger charge is -2.11. The molecule has 0 bridgehead atoms. The fourth-order valence-corrected chi connectivity index (χ4v) is 3.94. The Morgan fingerprint density at radius 2 is 1.84 bits per heavy atom. The first kappa shape index (κ1) is 24.6. The van der Waals surface area contributed by atoms with Crippen LogP contribution in [0.4, 0.5) is 43.8 Å². The largest absolute Gasteiger partial charge is 0.418 e. The van der Waals surface area contributed by atoms with Gasteiger partial charge in [0.2, 0.25) is 0 Å². The molecule has 38 heavy (non-hydrogen) atoms. The SMILES string of the molecule is O=C(Nc1ncc(-c2cc(OC(=O)Nc3ccn[nH]3)c3cn[nH]c3n2)s1)Nc1cc(C(F)(F)F)ccc1F. The number of fused-ring (bicyclic) bond motifs is 1. The highest BCUT2D eigenvalue weighted by molar-refractivity contribution is 7.19. The summed E-state index contributed by atoms with van der Waals surface area (Å²) in [6.07, 6.45) is -1.29. The van der Waals surface area contributed by atoms with Crippen LogP contribution in [-0.4, -0.2) is 42.5 Å². The summed E-state index contributed by atoms with van der Waals surface area (Å²) in [5.74, 6) is -0.611. The van der Waals surface area contributed by atoms with Gasteiger partial charge in [-0.1, -0.05) is 11.3 Å². The van der Waals surface area contributed by atoms with Crippen molar-refractivity contribution in [1.29, 1.82) is 0 Å². The molecular formula is C21H13F4N9O3S. The first-order chi connectivity index (χ1) is 18.2. The molecule has 194 valence electrons. The lowest BCUT2D eigenvalue weighted by Crippen LogP contribution is -2.20. The van der Waals surface area contributed by atoms with Gasteiger partial charge in [0.15, 0.2) is 10.8 Å². The normalized spacial score (nSPS) is 11.4. The van der Waals surface area contributed by atoms with E-state index in [9.17, 15) is 27.2 Å². The first-order valence-corrected chi connectivity index (χ1v) is 11.2. The third-order valence-electron chi connectivity index (χ3n) is 4.85. The van der Waals surface area contributed by atoms with Gasteiger partial charge in [0.1, 0.15) is 17.4 Å². The van der Waals surface area contributed by atoms with Gasteiger partial charge >= 0.3 is 18.3 Å². The van der Waals surface area contributed by atoms with E-state index in [1.807, 2.05) is 5.32 Å². The second kappa shape index (κ2) is 9.77. The van der Waals surface area contributed by atoms with Gasteiger partial charge in [-0.3, -0.25) is 20.8 Å². The zero-order valence-electron chi connectivity index (χ0n) is 18.6. The van der Waals surface area contributed by atoms with Crippen LogP contribution in [0.5, 0.6) is 5.75 Å². The van der Waals surface area contributed by atoms with Crippen molar-refractivity contribution in [1.82, 2.24) is 30.4 Å². The number of aromatic amines is 2. The van der Waals surface area contributed by atoms with Crippen molar-refractivity contribution in [3.05, 3.63) is 60.3 Å². The van der Waals surface area contributed by atoms with E-state index >= 15 is 0 Å². The van der Waals surface area contributed by atoms with Crippen LogP contribution in [0.2, 0.25) is 0 Å². The average molecular weight is 547 g/mol. The average Bonchev–Trinajstić information content (AvgIpc) is 3.62. The fraction of sp³-hybridized carbons (Fsp3) is 0.0476. The van der Waals surface area contributed by atoms with Crippen LogP contribution in [0.3, 0.4) is 0 Å². The highest BCUT2D eigenvalue weighted by atomic mass is 32.1. The number of urea groups is 1. The Hall–Kier alpha value is -5.06. The highest BCUT2D eigenvalue weighted by Gasteiger charge is 2.31. The minimum Gasteiger partial charge on any atom is -0.409 e. The zero-order chi connectivity index (χ0) is 26.9. The number of alkyl halides is 3. The fourth-order valence-electron chi connectivity index (χ4n) is 3.17. The van der Waals surface area contributed by atoms with Gasteiger partial charge in [0.05, 0.1) is 39.6 Å². The van der Waals surface area contributed by atoms with Gasteiger partial charge in [-0.2, -0.15) is 23.4 Å². The van der Waals surface area contributed by atoms with E-state index in [0.717, 1.165) is 11.3 Å². The molecule has 3 amide bonds. The third kappa shape index (κ3) is 5.36. The van der Waals surface area contributed by atoms with Crippen molar-refractivity contribution < 1.29 is 31.9 Å². The van der Waals surface area contributed by atoms with Gasteiger partial charge < -0.3 is 10.1 Å². The zero-order valence-corrected chi connectivity index (χ0v) is 19.4. The number of halogens is 4. The molecule has 0 fully saturated rings. The number of carbonyl (C=O) groups excluding carboxylic acids is 2. The van der Waals surface area contributed by atoms with Gasteiger partial charge in [0.25, 0.3) is 0 Å². The van der Waals surface area contributed by atoms with E-state index in [1.54, 1.807) is 0 Å². The smallest absolute Gasteiger partial charge is 0.409 e. The molecule has 12 nitrogen and oxygen atoms in total. The Balaban J connectivity index is 1.32. The third-order valence-corrected chi connectivity index (χ3v) is 5.78. The molecule has 0 unspecified atom stereocenters. The lowest BCUT2D eigenvalue weighted by molar-refractivity contribution is -0.137. The summed E-state index contributed by atoms with van der Waals surface area (Å²) < 4.78 is 58.0. The van der Waals surface area contributed by atoms with E-state index in [0.29, 0.717) is 45.6 Å². The van der Waals surface area contributed by atoms with E-state index in [-0.39, 0.29) is 10.9 Å². The number of hydrogen-bond donors (Lipinski definition) is 5. The molecule has 5 aromatic rings. The van der Waals surface area contributed by atoms with Crippen LogP contribution in [-0.2, 0) is 6.18 Å². The Bertz CT molecular complexity index is 1630. The van der Waals surface area contributed by atoms with Crippen LogP contribution >= 0.6 is 11.3 Å². The monoisotopic (exact) mass is 547 g/mol. The summed E-state index contributed by atoms with van der Waals surface area (Å²) in [6, 6.07) is 3.62. The quantitative estimate of drug-likeness (QED) is 0.188. The van der Waals surface area contributed by atoms with Crippen LogP contribution in [0, 0.1) is 5.82 Å². The molecule has 4 aromatic heterocycles. The lowest BCUT2D eigenvalue weighted by atomic mass is 10.2. The maximum absolute atomic E-state index is 13.9. The molecule has 0 aliphatic carbocycles. The van der Waals surface area contributed by atoms with Crippen molar-refractivity contribution in [2.75, 3.05) is 16.0 Å². The Kier molecular flexibility index (Phi) is 6.33. The molecule has 0 spiro atoms. The number of nitrogens with one attached hydrogen (secondary N) is 5. The number of amides is 3. The van der Waals surface area contributed by atoms with Crippen LogP contribution in [0.25, 0.3) is 21.6 Å². The topological polar surface area (TPSA) is 163 Å². The van der Waals surface area contributed by atoms with Gasteiger partial charge in [0, 0.05) is 18.3 Å². The van der Waals surface area contributed by atoms with Gasteiger partial charge in [-0.15, -0.1) is 0 Å². The number of aromatic nitrogens is 6. The Labute approximate surface area is 212 Å². The molecule has 4 heterocycles. The number of H-pyrrole nitrogens is 2. The molecule has 0 aliphatic rings. The number of hydrogen-bond acceptors (Lipinski definition) is 8. The number of benzene rings is 1. The molecule has 5 N–H and O–H groups in total. The molecule has 5 rings (SSSR count). The minimum absolute atomic E-state index is 0.0378. The summed E-state index contributed by atoms with van der Waals surface area (Å²) in [5, 5.41) is 20.1. The standard InChI is InChI=1S/C21H13F4N9O3S/c22-11-2-1-9(21(23,24)25)5-12(11)30-18(35)32-19-26-8-15(38-19)13-6-14(10-7-28-34-17(10)29-13)37-20(36)31-16-3-4-27-33-16/h1-8H,(H,28,29,34)(H2,26,30,32,35)(H2,27,31,33,36). The van der Waals surface area contributed by atoms with Crippen LogP contribution in [0.15, 0.2) is 48.9 Å². The highest BCUT2D eigenvalue weighted by Crippen LogP contribution is 2.34. The van der Waals surface area contributed by atoms with E-state index in [2.05, 4.69) is 41.0 Å². The van der Waals surface area contributed by atoms with Gasteiger partial charge in [-0.25, -0.2) is 23.9 Å². The molecule has 0 atom stereocenters. The van der Waals surface area contributed by atoms with E-state index in [4.69, 9.17) is 4.74 Å². The number of thiazole rings is 1. The van der Waals surface area contributed by atoms with Crippen LogP contribution in [0.1, 0.15) is 5.56 Å². The number of pyridine rings is 1. The van der Waals surface area contributed by atoms with Crippen molar-refractivity contribution >= 4 is 51.1 Å². The van der Waals surface area contributed by atoms with Gasteiger partial charge in [-0.05, 0) is 18.2 Å². The summed E-state index contributed by atoms with van der Waals surface area (Å²) in [4.78, 5) is 33.4. The molecular weight excluding hydrogens is 534 g/mol. The Morgan fingerprint density at radius 3 is 2.61 bits per heavy atom. The minimum atomic E-state index is -4.71.